The first kappa shape index (κ1) is 17.4. The number of methoxy groups -OCH3 is 1. The Hall–Kier alpha value is -1.59. The lowest BCUT2D eigenvalue weighted by Crippen LogP contribution is -2.28. The molecule has 0 rings (SSSR count). The molecule has 0 N–H and O–H groups in total. The molecule has 0 spiro atoms. The smallest absolute Gasteiger partial charge is 0.309 e. The SMILES string of the molecule is CCCC(=O)OCC(CC(=O)OC)OC(=O)CCC. The molecule has 0 radical (unpaired) electrons. The molecule has 0 amide bonds. The van der Waals surface area contributed by atoms with Gasteiger partial charge < -0.3 is 14.2 Å². The van der Waals surface area contributed by atoms with Crippen LogP contribution >= 0.6 is 0 Å². The van der Waals surface area contributed by atoms with Crippen molar-refractivity contribution in [1.82, 2.24) is 0 Å². The minimum atomic E-state index is -0.785. The average Bonchev–Trinajstić information content (AvgIpc) is 2.36. The number of ether oxygens (including phenoxy) is 3. The molecule has 19 heavy (non-hydrogen) atoms. The zero-order valence-electron chi connectivity index (χ0n) is 11.8. The van der Waals surface area contributed by atoms with Crippen LogP contribution in [0, 0.1) is 0 Å². The third kappa shape index (κ3) is 9.04. The van der Waals surface area contributed by atoms with Crippen LogP contribution in [0.3, 0.4) is 0 Å². The van der Waals surface area contributed by atoms with Crippen molar-refractivity contribution in [3.05, 3.63) is 0 Å². The van der Waals surface area contributed by atoms with Crippen molar-refractivity contribution in [2.45, 2.75) is 52.1 Å². The quantitative estimate of drug-likeness (QED) is 0.469. The van der Waals surface area contributed by atoms with Crippen LogP contribution in [0.1, 0.15) is 46.0 Å². The van der Waals surface area contributed by atoms with E-state index in [1.807, 2.05) is 13.8 Å². The van der Waals surface area contributed by atoms with E-state index in [4.69, 9.17) is 9.47 Å². The Morgan fingerprint density at radius 2 is 1.53 bits per heavy atom. The highest BCUT2D eigenvalue weighted by atomic mass is 16.6. The number of esters is 3. The van der Waals surface area contributed by atoms with Gasteiger partial charge in [0.05, 0.1) is 13.5 Å². The van der Waals surface area contributed by atoms with E-state index in [0.717, 1.165) is 0 Å². The van der Waals surface area contributed by atoms with Gasteiger partial charge in [0.1, 0.15) is 12.7 Å². The van der Waals surface area contributed by atoms with Crippen LogP contribution in [0.5, 0.6) is 0 Å². The molecule has 0 saturated heterocycles. The number of rotatable bonds is 9. The van der Waals surface area contributed by atoms with Gasteiger partial charge in [-0.05, 0) is 12.8 Å². The molecule has 0 saturated carbocycles. The normalized spacial score (nSPS) is 11.5. The van der Waals surface area contributed by atoms with E-state index in [2.05, 4.69) is 4.74 Å². The van der Waals surface area contributed by atoms with Gasteiger partial charge in [-0.25, -0.2) is 0 Å². The van der Waals surface area contributed by atoms with Crippen LogP contribution in [-0.4, -0.2) is 37.7 Å². The summed E-state index contributed by atoms with van der Waals surface area (Å²) in [6.07, 6.45) is 0.988. The van der Waals surface area contributed by atoms with Crippen LogP contribution in [0.25, 0.3) is 0 Å². The molecule has 0 aliphatic rings. The maximum atomic E-state index is 11.4. The highest BCUT2D eigenvalue weighted by Gasteiger charge is 2.20. The number of hydrogen-bond acceptors (Lipinski definition) is 6. The molecule has 0 heterocycles. The molecule has 0 aliphatic heterocycles. The molecule has 1 atom stereocenters. The van der Waals surface area contributed by atoms with Crippen molar-refractivity contribution in [3.63, 3.8) is 0 Å². The van der Waals surface area contributed by atoms with E-state index in [0.29, 0.717) is 19.3 Å². The highest BCUT2D eigenvalue weighted by molar-refractivity contribution is 5.73. The fraction of sp³-hybridized carbons (Fsp3) is 0.769. The Labute approximate surface area is 113 Å². The summed E-state index contributed by atoms with van der Waals surface area (Å²) >= 11 is 0. The summed E-state index contributed by atoms with van der Waals surface area (Å²) in [4.78, 5) is 33.8. The maximum Gasteiger partial charge on any atom is 0.309 e. The van der Waals surface area contributed by atoms with E-state index >= 15 is 0 Å². The number of carbonyl (C=O) groups excluding carboxylic acids is 3. The van der Waals surface area contributed by atoms with Gasteiger partial charge in [0.25, 0.3) is 0 Å². The maximum absolute atomic E-state index is 11.4. The van der Waals surface area contributed by atoms with Crippen LogP contribution in [0.15, 0.2) is 0 Å². The molecule has 0 aromatic rings. The van der Waals surface area contributed by atoms with Crippen LogP contribution < -0.4 is 0 Å². The molecule has 0 aliphatic carbocycles. The van der Waals surface area contributed by atoms with Gasteiger partial charge in [-0.15, -0.1) is 0 Å². The molecule has 0 aromatic carbocycles. The van der Waals surface area contributed by atoms with Gasteiger partial charge in [0.15, 0.2) is 0 Å². The molecule has 0 fully saturated rings. The topological polar surface area (TPSA) is 78.9 Å². The second-order valence-electron chi connectivity index (χ2n) is 4.08. The summed E-state index contributed by atoms with van der Waals surface area (Å²) < 4.78 is 14.5. The van der Waals surface area contributed by atoms with Gasteiger partial charge in [-0.3, -0.25) is 14.4 Å². The van der Waals surface area contributed by atoms with Crippen LogP contribution in [0.2, 0.25) is 0 Å². The summed E-state index contributed by atoms with van der Waals surface area (Å²) in [5, 5.41) is 0. The van der Waals surface area contributed by atoms with E-state index < -0.39 is 18.0 Å². The zero-order chi connectivity index (χ0) is 14.7. The van der Waals surface area contributed by atoms with E-state index in [9.17, 15) is 14.4 Å². The lowest BCUT2D eigenvalue weighted by molar-refractivity contribution is -0.163. The predicted molar refractivity (Wildman–Crippen MR) is 67.3 cm³/mol. The fourth-order valence-corrected chi connectivity index (χ4v) is 1.31. The van der Waals surface area contributed by atoms with Crippen LogP contribution in [0.4, 0.5) is 0 Å². The van der Waals surface area contributed by atoms with Crippen LogP contribution in [-0.2, 0) is 28.6 Å². The fourth-order valence-electron chi connectivity index (χ4n) is 1.31. The molecule has 1 unspecified atom stereocenters. The van der Waals surface area contributed by atoms with E-state index in [1.54, 1.807) is 0 Å². The first-order chi connectivity index (χ1) is 9.03. The van der Waals surface area contributed by atoms with E-state index in [1.165, 1.54) is 7.11 Å². The standard InChI is InChI=1S/C13H22O6/c1-4-6-11(14)18-9-10(8-13(16)17-3)19-12(15)7-5-2/h10H,4-9H2,1-3H3. The molecular formula is C13H22O6. The van der Waals surface area contributed by atoms with Gasteiger partial charge >= 0.3 is 17.9 Å². The molecule has 6 heteroatoms. The lowest BCUT2D eigenvalue weighted by atomic mass is 10.2. The van der Waals surface area contributed by atoms with E-state index in [-0.39, 0.29) is 25.4 Å². The minimum absolute atomic E-state index is 0.120. The van der Waals surface area contributed by atoms with Gasteiger partial charge in [-0.2, -0.15) is 0 Å². The van der Waals surface area contributed by atoms with Crippen molar-refractivity contribution >= 4 is 17.9 Å². The van der Waals surface area contributed by atoms with Crippen molar-refractivity contribution in [3.8, 4) is 0 Å². The molecule has 110 valence electrons. The van der Waals surface area contributed by atoms with Crippen molar-refractivity contribution in [2.75, 3.05) is 13.7 Å². The van der Waals surface area contributed by atoms with Crippen molar-refractivity contribution in [2.24, 2.45) is 0 Å². The zero-order valence-corrected chi connectivity index (χ0v) is 11.8. The minimum Gasteiger partial charge on any atom is -0.469 e. The molecule has 0 bridgehead atoms. The Morgan fingerprint density at radius 3 is 2.05 bits per heavy atom. The van der Waals surface area contributed by atoms with Crippen molar-refractivity contribution < 1.29 is 28.6 Å². The van der Waals surface area contributed by atoms with Gasteiger partial charge in [0, 0.05) is 12.8 Å². The lowest BCUT2D eigenvalue weighted by Gasteiger charge is -2.16. The predicted octanol–water partition coefficient (Wildman–Crippen LogP) is 1.60. The van der Waals surface area contributed by atoms with Gasteiger partial charge in [0.2, 0.25) is 0 Å². The summed E-state index contributed by atoms with van der Waals surface area (Å²) in [6.45, 7) is 3.58. The van der Waals surface area contributed by atoms with Gasteiger partial charge in [-0.1, -0.05) is 13.8 Å². The third-order valence-electron chi connectivity index (χ3n) is 2.26. The Kier molecular flexibility index (Phi) is 9.48. The monoisotopic (exact) mass is 274 g/mol. The largest absolute Gasteiger partial charge is 0.469 e. The second kappa shape index (κ2) is 10.3. The van der Waals surface area contributed by atoms with Crippen molar-refractivity contribution in [1.29, 1.82) is 0 Å². The molecular weight excluding hydrogens is 252 g/mol. The Morgan fingerprint density at radius 1 is 0.947 bits per heavy atom. The summed E-state index contributed by atoms with van der Waals surface area (Å²) in [5.74, 6) is -1.30. The third-order valence-corrected chi connectivity index (χ3v) is 2.26. The first-order valence-electron chi connectivity index (χ1n) is 6.45. The number of hydrogen-bond donors (Lipinski definition) is 0. The second-order valence-corrected chi connectivity index (χ2v) is 4.08. The Balaban J connectivity index is 4.28. The average molecular weight is 274 g/mol. The number of carbonyl (C=O) groups is 3. The summed E-state index contributed by atoms with van der Waals surface area (Å²) in [7, 11) is 1.25. The summed E-state index contributed by atoms with van der Waals surface area (Å²) in [5.41, 5.74) is 0. The molecule has 0 aromatic heterocycles. The summed E-state index contributed by atoms with van der Waals surface area (Å²) in [6, 6.07) is 0. The highest BCUT2D eigenvalue weighted by Crippen LogP contribution is 2.06. The first-order valence-corrected chi connectivity index (χ1v) is 6.45. The molecule has 6 nitrogen and oxygen atoms in total. The Bertz CT molecular complexity index is 300.